The SMILES string of the molecule is Cc1cccc(-c2cccc(Br)c2)c1.N=C(N)c1ccccc1.NCc1ccccc1. The smallest absolute Gasteiger partial charge is 0.122 e. The normalized spacial score (nSPS) is 9.52. The first-order valence-corrected chi connectivity index (χ1v) is 10.7. The number of benzene rings is 4. The van der Waals surface area contributed by atoms with Crippen LogP contribution in [0.2, 0.25) is 0 Å². The lowest BCUT2D eigenvalue weighted by molar-refractivity contribution is 1.07. The number of hydrogen-bond donors (Lipinski definition) is 3. The van der Waals surface area contributed by atoms with Crippen molar-refractivity contribution in [3.63, 3.8) is 0 Å². The maximum atomic E-state index is 7.01. The topological polar surface area (TPSA) is 75.9 Å². The summed E-state index contributed by atoms with van der Waals surface area (Å²) in [5.74, 6) is 0.121. The second-order valence-electron chi connectivity index (χ2n) is 6.85. The van der Waals surface area contributed by atoms with Gasteiger partial charge in [-0.3, -0.25) is 5.41 Å². The van der Waals surface area contributed by atoms with Gasteiger partial charge in [-0.2, -0.15) is 0 Å². The van der Waals surface area contributed by atoms with E-state index in [1.807, 2.05) is 66.7 Å². The Morgan fingerprint density at radius 1 is 0.742 bits per heavy atom. The van der Waals surface area contributed by atoms with Crippen LogP contribution in [-0.2, 0) is 6.54 Å². The van der Waals surface area contributed by atoms with Gasteiger partial charge < -0.3 is 11.5 Å². The van der Waals surface area contributed by atoms with E-state index in [9.17, 15) is 0 Å². The molecule has 0 saturated heterocycles. The van der Waals surface area contributed by atoms with Crippen molar-refractivity contribution in [3.05, 3.63) is 130 Å². The van der Waals surface area contributed by atoms with E-state index in [1.165, 1.54) is 22.3 Å². The molecular formula is C27H28BrN3. The lowest BCUT2D eigenvalue weighted by atomic mass is 10.0. The molecule has 4 heteroatoms. The molecule has 0 bridgehead atoms. The zero-order chi connectivity index (χ0) is 22.5. The van der Waals surface area contributed by atoms with Crippen molar-refractivity contribution in [2.45, 2.75) is 13.5 Å². The molecule has 0 spiro atoms. The number of amidine groups is 1. The van der Waals surface area contributed by atoms with E-state index in [1.54, 1.807) is 0 Å². The van der Waals surface area contributed by atoms with Crippen molar-refractivity contribution in [2.24, 2.45) is 11.5 Å². The standard InChI is InChI=1S/C13H11Br.C7H8N2.C7H9N/c1-10-4-2-5-11(8-10)12-6-3-7-13(14)9-12;8-7(9)6-4-2-1-3-5-6;8-6-7-4-2-1-3-5-7/h2-9H,1H3;1-5H,(H3,8,9);1-5H,6,8H2. The number of nitrogens with two attached hydrogens (primary N) is 2. The van der Waals surface area contributed by atoms with Crippen LogP contribution in [0.25, 0.3) is 11.1 Å². The Hall–Kier alpha value is -3.21. The van der Waals surface area contributed by atoms with Crippen LogP contribution in [0.5, 0.6) is 0 Å². The first-order valence-electron chi connectivity index (χ1n) is 9.95. The lowest BCUT2D eigenvalue weighted by Crippen LogP contribution is -2.10. The third kappa shape index (κ3) is 8.99. The summed E-state index contributed by atoms with van der Waals surface area (Å²) < 4.78 is 1.12. The van der Waals surface area contributed by atoms with E-state index >= 15 is 0 Å². The molecule has 0 saturated carbocycles. The zero-order valence-electron chi connectivity index (χ0n) is 17.6. The summed E-state index contributed by atoms with van der Waals surface area (Å²) in [6, 6.07) is 36.1. The molecule has 0 fully saturated rings. The Morgan fingerprint density at radius 2 is 1.29 bits per heavy atom. The molecule has 4 aromatic carbocycles. The van der Waals surface area contributed by atoms with E-state index in [0.717, 1.165) is 10.0 Å². The molecule has 0 amide bonds. The Labute approximate surface area is 193 Å². The van der Waals surface area contributed by atoms with Crippen LogP contribution in [0.15, 0.2) is 114 Å². The van der Waals surface area contributed by atoms with E-state index in [0.29, 0.717) is 6.54 Å². The van der Waals surface area contributed by atoms with Crippen molar-refractivity contribution in [1.82, 2.24) is 0 Å². The monoisotopic (exact) mass is 473 g/mol. The molecule has 0 heterocycles. The maximum absolute atomic E-state index is 7.01. The van der Waals surface area contributed by atoms with Gasteiger partial charge in [-0.25, -0.2) is 0 Å². The Bertz CT molecular complexity index is 1020. The molecular weight excluding hydrogens is 446 g/mol. The molecule has 0 aliphatic heterocycles. The molecule has 4 rings (SSSR count). The highest BCUT2D eigenvalue weighted by Crippen LogP contribution is 2.23. The minimum atomic E-state index is 0.121. The summed E-state index contributed by atoms with van der Waals surface area (Å²) in [7, 11) is 0. The Balaban J connectivity index is 0.000000175. The van der Waals surface area contributed by atoms with Crippen molar-refractivity contribution in [2.75, 3.05) is 0 Å². The average molecular weight is 474 g/mol. The number of aryl methyl sites for hydroxylation is 1. The molecule has 158 valence electrons. The predicted octanol–water partition coefficient (Wildman–Crippen LogP) is 6.54. The molecule has 4 aromatic rings. The molecule has 31 heavy (non-hydrogen) atoms. The Kier molecular flexibility index (Phi) is 10.2. The van der Waals surface area contributed by atoms with Gasteiger partial charge in [0.1, 0.15) is 5.84 Å². The molecule has 0 radical (unpaired) electrons. The number of rotatable bonds is 3. The number of halogens is 1. The molecule has 0 unspecified atom stereocenters. The summed E-state index contributed by atoms with van der Waals surface area (Å²) >= 11 is 3.48. The van der Waals surface area contributed by atoms with Gasteiger partial charge in [-0.05, 0) is 35.7 Å². The quantitative estimate of drug-likeness (QED) is 0.233. The first kappa shape index (κ1) is 24.1. The fourth-order valence-electron chi connectivity index (χ4n) is 2.72. The summed E-state index contributed by atoms with van der Waals surface area (Å²) in [5, 5.41) is 7.01. The maximum Gasteiger partial charge on any atom is 0.122 e. The van der Waals surface area contributed by atoms with Crippen molar-refractivity contribution < 1.29 is 0 Å². The summed E-state index contributed by atoms with van der Waals surface area (Å²) in [4.78, 5) is 0. The highest BCUT2D eigenvalue weighted by atomic mass is 79.9. The zero-order valence-corrected chi connectivity index (χ0v) is 19.2. The van der Waals surface area contributed by atoms with E-state index in [-0.39, 0.29) is 5.84 Å². The summed E-state index contributed by atoms with van der Waals surface area (Å²) in [6.45, 7) is 2.75. The first-order chi connectivity index (χ1) is 15.0. The third-order valence-corrected chi connectivity index (χ3v) is 4.83. The third-order valence-electron chi connectivity index (χ3n) is 4.34. The van der Waals surface area contributed by atoms with Crippen LogP contribution >= 0.6 is 15.9 Å². The van der Waals surface area contributed by atoms with Crippen LogP contribution in [0.3, 0.4) is 0 Å². The fraction of sp³-hybridized carbons (Fsp3) is 0.0741. The fourth-order valence-corrected chi connectivity index (χ4v) is 3.12. The van der Waals surface area contributed by atoms with E-state index in [2.05, 4.69) is 65.3 Å². The number of hydrogen-bond acceptors (Lipinski definition) is 2. The molecule has 5 N–H and O–H groups in total. The van der Waals surface area contributed by atoms with Gasteiger partial charge >= 0.3 is 0 Å². The molecule has 0 aliphatic rings. The molecule has 3 nitrogen and oxygen atoms in total. The van der Waals surface area contributed by atoms with Crippen LogP contribution in [0.1, 0.15) is 16.7 Å². The van der Waals surface area contributed by atoms with Crippen LogP contribution in [0, 0.1) is 12.3 Å². The van der Waals surface area contributed by atoms with Crippen molar-refractivity contribution >= 4 is 21.8 Å². The van der Waals surface area contributed by atoms with Crippen LogP contribution in [0.4, 0.5) is 0 Å². The minimum absolute atomic E-state index is 0.121. The van der Waals surface area contributed by atoms with Gasteiger partial charge in [0.25, 0.3) is 0 Å². The lowest BCUT2D eigenvalue weighted by Gasteiger charge is -2.02. The number of nitrogens with one attached hydrogen (secondary N) is 1. The summed E-state index contributed by atoms with van der Waals surface area (Å²) in [6.07, 6.45) is 0. The predicted molar refractivity (Wildman–Crippen MR) is 136 cm³/mol. The van der Waals surface area contributed by atoms with Gasteiger partial charge in [0, 0.05) is 16.6 Å². The molecule has 0 aromatic heterocycles. The van der Waals surface area contributed by atoms with Gasteiger partial charge in [0.15, 0.2) is 0 Å². The van der Waals surface area contributed by atoms with E-state index < -0.39 is 0 Å². The van der Waals surface area contributed by atoms with Crippen LogP contribution < -0.4 is 11.5 Å². The Morgan fingerprint density at radius 3 is 1.74 bits per heavy atom. The van der Waals surface area contributed by atoms with Crippen LogP contribution in [-0.4, -0.2) is 5.84 Å². The van der Waals surface area contributed by atoms with Gasteiger partial charge in [-0.15, -0.1) is 0 Å². The summed E-state index contributed by atoms with van der Waals surface area (Å²) in [5.41, 5.74) is 16.3. The second kappa shape index (κ2) is 13.2. The largest absolute Gasteiger partial charge is 0.384 e. The average Bonchev–Trinajstić information content (AvgIpc) is 2.81. The van der Waals surface area contributed by atoms with Gasteiger partial charge in [0.05, 0.1) is 0 Å². The minimum Gasteiger partial charge on any atom is -0.384 e. The van der Waals surface area contributed by atoms with Gasteiger partial charge in [-0.1, -0.05) is 119 Å². The second-order valence-corrected chi connectivity index (χ2v) is 7.76. The van der Waals surface area contributed by atoms with Crippen molar-refractivity contribution in [3.8, 4) is 11.1 Å². The highest BCUT2D eigenvalue weighted by molar-refractivity contribution is 9.10. The molecule has 0 aliphatic carbocycles. The highest BCUT2D eigenvalue weighted by Gasteiger charge is 1.97. The molecule has 0 atom stereocenters. The van der Waals surface area contributed by atoms with Gasteiger partial charge in [0.2, 0.25) is 0 Å². The number of nitrogen functional groups attached to an aromatic ring is 1. The van der Waals surface area contributed by atoms with E-state index in [4.69, 9.17) is 16.9 Å². The van der Waals surface area contributed by atoms with Crippen molar-refractivity contribution in [1.29, 1.82) is 5.41 Å².